The van der Waals surface area contributed by atoms with Crippen LogP contribution >= 0.6 is 11.8 Å². The van der Waals surface area contributed by atoms with E-state index in [1.807, 2.05) is 6.26 Å². The van der Waals surface area contributed by atoms with Crippen LogP contribution in [0.3, 0.4) is 0 Å². The summed E-state index contributed by atoms with van der Waals surface area (Å²) in [5.74, 6) is -1.11. The summed E-state index contributed by atoms with van der Waals surface area (Å²) < 4.78 is 67.0. The average molecular weight is 490 g/mol. The van der Waals surface area contributed by atoms with Crippen LogP contribution in [0, 0.1) is 5.82 Å². The van der Waals surface area contributed by atoms with Gasteiger partial charge < -0.3 is 5.32 Å². The van der Waals surface area contributed by atoms with E-state index in [4.69, 9.17) is 0 Å². The Morgan fingerprint density at radius 1 is 1.03 bits per heavy atom. The number of rotatable bonds is 11. The van der Waals surface area contributed by atoms with Gasteiger partial charge in [0, 0.05) is 11.4 Å². The molecule has 1 atom stereocenters. The molecular weight excluding hydrogens is 465 g/mol. The number of hydrogen-bond acceptors (Lipinski definition) is 6. The number of hydrogen-bond donors (Lipinski definition) is 3. The molecule has 2 aromatic rings. The fraction of sp³-hybridized carbons (Fsp3) is 0.316. The Kier molecular flexibility index (Phi) is 8.86. The van der Waals surface area contributed by atoms with E-state index in [2.05, 4.69) is 14.8 Å². The van der Waals surface area contributed by atoms with Crippen molar-refractivity contribution in [3.8, 4) is 0 Å². The van der Waals surface area contributed by atoms with E-state index in [0.29, 0.717) is 17.1 Å². The summed E-state index contributed by atoms with van der Waals surface area (Å²) in [6.07, 6.45) is 2.01. The number of nitrogens with one attached hydrogen (secondary N) is 3. The Morgan fingerprint density at radius 2 is 1.65 bits per heavy atom. The van der Waals surface area contributed by atoms with Gasteiger partial charge in [0.25, 0.3) is 0 Å². The molecule has 0 radical (unpaired) electrons. The lowest BCUT2D eigenvalue weighted by Gasteiger charge is -2.18. The lowest BCUT2D eigenvalue weighted by atomic mass is 10.2. The maximum atomic E-state index is 13.9. The van der Waals surface area contributed by atoms with Gasteiger partial charge in [0.05, 0.1) is 5.75 Å². The molecular formula is C19H24FN3O5S3. The normalized spacial score (nSPS) is 12.9. The molecule has 1 unspecified atom stereocenters. The van der Waals surface area contributed by atoms with Gasteiger partial charge in [-0.15, -0.1) is 0 Å². The van der Waals surface area contributed by atoms with Crippen molar-refractivity contribution in [1.82, 2.24) is 4.72 Å². The number of carbonyl (C=O) groups excluding carboxylic acids is 1. The van der Waals surface area contributed by atoms with E-state index in [1.165, 1.54) is 55.1 Å². The predicted molar refractivity (Wildman–Crippen MR) is 122 cm³/mol. The lowest BCUT2D eigenvalue weighted by Crippen LogP contribution is -2.44. The molecule has 0 saturated carbocycles. The maximum Gasteiger partial charge on any atom is 0.244 e. The van der Waals surface area contributed by atoms with Crippen molar-refractivity contribution >= 4 is 49.1 Å². The van der Waals surface area contributed by atoms with Crippen molar-refractivity contribution < 1.29 is 26.0 Å². The van der Waals surface area contributed by atoms with E-state index in [9.17, 15) is 26.0 Å². The number of halogens is 1. The summed E-state index contributed by atoms with van der Waals surface area (Å²) in [5, 5.41) is 2.60. The van der Waals surface area contributed by atoms with Gasteiger partial charge in [-0.3, -0.25) is 9.52 Å². The molecule has 0 aliphatic rings. The van der Waals surface area contributed by atoms with E-state index in [-0.39, 0.29) is 12.2 Å². The summed E-state index contributed by atoms with van der Waals surface area (Å²) in [6, 6.07) is 9.71. The average Bonchev–Trinajstić information content (AvgIpc) is 2.72. The fourth-order valence-electron chi connectivity index (χ4n) is 2.50. The van der Waals surface area contributed by atoms with Crippen LogP contribution in [0.5, 0.6) is 0 Å². The second-order valence-corrected chi connectivity index (χ2v) is 11.1. The van der Waals surface area contributed by atoms with Crippen LogP contribution in [-0.2, 0) is 24.8 Å². The lowest BCUT2D eigenvalue weighted by molar-refractivity contribution is -0.117. The Labute approximate surface area is 186 Å². The Morgan fingerprint density at radius 3 is 2.23 bits per heavy atom. The molecule has 1 amide bonds. The number of carbonyl (C=O) groups is 1. The highest BCUT2D eigenvalue weighted by atomic mass is 32.2. The molecule has 0 fully saturated rings. The third kappa shape index (κ3) is 7.49. The first-order valence-electron chi connectivity index (χ1n) is 9.25. The smallest absolute Gasteiger partial charge is 0.244 e. The first-order chi connectivity index (χ1) is 14.6. The van der Waals surface area contributed by atoms with Crippen LogP contribution in [0.2, 0.25) is 0 Å². The van der Waals surface area contributed by atoms with Crippen LogP contribution in [0.1, 0.15) is 13.3 Å². The molecule has 0 aliphatic carbocycles. The van der Waals surface area contributed by atoms with Gasteiger partial charge in [-0.1, -0.05) is 12.1 Å². The zero-order chi connectivity index (χ0) is 23.1. The predicted octanol–water partition coefficient (Wildman–Crippen LogP) is 2.63. The van der Waals surface area contributed by atoms with E-state index in [1.54, 1.807) is 0 Å². The molecule has 12 heteroatoms. The third-order valence-electron chi connectivity index (χ3n) is 4.16. The topological polar surface area (TPSA) is 121 Å². The van der Waals surface area contributed by atoms with E-state index in [0.717, 1.165) is 12.1 Å². The first kappa shape index (κ1) is 25.1. The Bertz CT molecular complexity index is 1110. The van der Waals surface area contributed by atoms with Crippen molar-refractivity contribution in [3.05, 3.63) is 54.3 Å². The monoisotopic (exact) mass is 489 g/mol. The van der Waals surface area contributed by atoms with Gasteiger partial charge in [-0.2, -0.15) is 16.5 Å². The summed E-state index contributed by atoms with van der Waals surface area (Å²) in [6.45, 7) is 1.51. The molecule has 3 N–H and O–H groups in total. The second kappa shape index (κ2) is 10.9. The number of benzene rings is 2. The number of amides is 1. The quantitative estimate of drug-likeness (QED) is 0.446. The highest BCUT2D eigenvalue weighted by molar-refractivity contribution is 7.98. The minimum Gasteiger partial charge on any atom is -0.325 e. The zero-order valence-corrected chi connectivity index (χ0v) is 19.4. The highest BCUT2D eigenvalue weighted by Gasteiger charge is 2.27. The van der Waals surface area contributed by atoms with Crippen molar-refractivity contribution in [3.63, 3.8) is 0 Å². The van der Waals surface area contributed by atoms with Gasteiger partial charge in [-0.25, -0.2) is 21.2 Å². The molecule has 8 nitrogen and oxygen atoms in total. The summed E-state index contributed by atoms with van der Waals surface area (Å²) in [5.41, 5.74) is 0.683. The molecule has 2 rings (SSSR count). The minimum absolute atomic E-state index is 0.0786. The minimum atomic E-state index is -4.26. The van der Waals surface area contributed by atoms with E-state index >= 15 is 0 Å². The standard InChI is InChI=1S/C19H24FN3O5S3/c1-3-30(25,26)22-15-10-8-14(9-11-15)21-19(24)17(12-13-29-2)23-31(27,28)18-7-5-4-6-16(18)20/h4-11,17,22-23H,3,12-13H2,1-2H3,(H,21,24). The zero-order valence-electron chi connectivity index (χ0n) is 17.0. The van der Waals surface area contributed by atoms with Gasteiger partial charge in [-0.05, 0) is 61.8 Å². The maximum absolute atomic E-state index is 13.9. The summed E-state index contributed by atoms with van der Waals surface area (Å²) in [4.78, 5) is 12.2. The van der Waals surface area contributed by atoms with E-state index < -0.39 is 42.7 Å². The van der Waals surface area contributed by atoms with Crippen molar-refractivity contribution in [1.29, 1.82) is 0 Å². The van der Waals surface area contributed by atoms with Crippen LogP contribution < -0.4 is 14.8 Å². The molecule has 0 saturated heterocycles. The summed E-state index contributed by atoms with van der Waals surface area (Å²) >= 11 is 1.43. The van der Waals surface area contributed by atoms with Crippen LogP contribution in [0.25, 0.3) is 0 Å². The van der Waals surface area contributed by atoms with Gasteiger partial charge in [0.2, 0.25) is 26.0 Å². The van der Waals surface area contributed by atoms with Crippen LogP contribution in [-0.4, -0.2) is 46.5 Å². The molecule has 0 spiro atoms. The number of sulfonamides is 2. The fourth-order valence-corrected chi connectivity index (χ4v) is 4.92. The number of thioether (sulfide) groups is 1. The molecule has 31 heavy (non-hydrogen) atoms. The largest absolute Gasteiger partial charge is 0.325 e. The Hall–Kier alpha value is -2.15. The highest BCUT2D eigenvalue weighted by Crippen LogP contribution is 2.18. The molecule has 0 bridgehead atoms. The van der Waals surface area contributed by atoms with Gasteiger partial charge in [0.1, 0.15) is 16.8 Å². The van der Waals surface area contributed by atoms with Crippen molar-refractivity contribution in [2.75, 3.05) is 27.8 Å². The molecule has 0 heterocycles. The first-order valence-corrected chi connectivity index (χ1v) is 13.8. The summed E-state index contributed by atoms with van der Waals surface area (Å²) in [7, 11) is -7.69. The molecule has 170 valence electrons. The second-order valence-electron chi connectivity index (χ2n) is 6.46. The van der Waals surface area contributed by atoms with Crippen molar-refractivity contribution in [2.24, 2.45) is 0 Å². The van der Waals surface area contributed by atoms with Crippen molar-refractivity contribution in [2.45, 2.75) is 24.3 Å². The SMILES string of the molecule is CCS(=O)(=O)Nc1ccc(NC(=O)C(CCSC)NS(=O)(=O)c2ccccc2F)cc1. The Balaban J connectivity index is 2.15. The van der Waals surface area contributed by atoms with Gasteiger partial charge >= 0.3 is 0 Å². The molecule has 0 aliphatic heterocycles. The number of anilines is 2. The van der Waals surface area contributed by atoms with Gasteiger partial charge in [0.15, 0.2) is 0 Å². The third-order valence-corrected chi connectivity index (χ3v) is 7.61. The van der Waals surface area contributed by atoms with Crippen LogP contribution in [0.4, 0.5) is 15.8 Å². The van der Waals surface area contributed by atoms with Crippen LogP contribution in [0.15, 0.2) is 53.4 Å². The molecule has 2 aromatic carbocycles. The molecule has 0 aromatic heterocycles.